The van der Waals surface area contributed by atoms with Gasteiger partial charge in [0.15, 0.2) is 9.84 Å². The molecule has 1 aliphatic rings. The highest BCUT2D eigenvalue weighted by Gasteiger charge is 2.32. The molecule has 1 aliphatic heterocycles. The summed E-state index contributed by atoms with van der Waals surface area (Å²) in [4.78, 5) is 12.9. The molecule has 0 radical (unpaired) electrons. The third-order valence-corrected chi connectivity index (χ3v) is 8.48. The quantitative estimate of drug-likeness (QED) is 0.702. The molecule has 0 aromatic heterocycles. The number of nitrogens with zero attached hydrogens (tertiary/aromatic N) is 1. The van der Waals surface area contributed by atoms with E-state index in [1.807, 2.05) is 6.92 Å². The van der Waals surface area contributed by atoms with Gasteiger partial charge in [0.05, 0.1) is 15.8 Å². The van der Waals surface area contributed by atoms with E-state index in [-0.39, 0.29) is 40.7 Å². The number of hydrogen-bond donors (Lipinski definition) is 1. The van der Waals surface area contributed by atoms with E-state index in [2.05, 4.69) is 5.32 Å². The van der Waals surface area contributed by atoms with Crippen molar-refractivity contribution in [3.63, 3.8) is 0 Å². The lowest BCUT2D eigenvalue weighted by atomic mass is 9.96. The Balaban J connectivity index is 1.58. The molecule has 0 bridgehead atoms. The fourth-order valence-electron chi connectivity index (χ4n) is 3.53. The topological polar surface area (TPSA) is 101 Å². The van der Waals surface area contributed by atoms with Gasteiger partial charge in [-0.3, -0.25) is 4.79 Å². The molecular formula is C21H25FN2O5S2. The van der Waals surface area contributed by atoms with Crippen LogP contribution in [0.2, 0.25) is 0 Å². The van der Waals surface area contributed by atoms with Crippen molar-refractivity contribution in [3.05, 3.63) is 59.9 Å². The molecule has 1 amide bonds. The van der Waals surface area contributed by atoms with E-state index in [9.17, 15) is 26.0 Å². The molecule has 1 heterocycles. The standard InChI is InChI=1S/C21H25FN2O5S2/c1-15(16-3-7-19(8-4-16)30(2,26)27)23-21(25)17-11-13-24(14-12-17)31(28,29)20-9-5-18(22)6-10-20/h3-10,15,17H,11-14H2,1-2H3,(H,23,25). The Kier molecular flexibility index (Phi) is 6.82. The van der Waals surface area contributed by atoms with Crippen molar-refractivity contribution in [2.24, 2.45) is 5.92 Å². The first-order valence-corrected chi connectivity index (χ1v) is 13.2. The summed E-state index contributed by atoms with van der Waals surface area (Å²) < 4.78 is 62.9. The van der Waals surface area contributed by atoms with Crippen LogP contribution in [-0.4, -0.2) is 46.4 Å². The Morgan fingerprint density at radius 2 is 1.48 bits per heavy atom. The molecule has 1 fully saturated rings. The number of benzene rings is 2. The third-order valence-electron chi connectivity index (χ3n) is 5.44. The van der Waals surface area contributed by atoms with Gasteiger partial charge in [-0.1, -0.05) is 12.1 Å². The van der Waals surface area contributed by atoms with Gasteiger partial charge in [-0.05, 0) is 61.7 Å². The van der Waals surface area contributed by atoms with Gasteiger partial charge in [-0.15, -0.1) is 0 Å². The molecule has 0 spiro atoms. The second-order valence-electron chi connectivity index (χ2n) is 7.70. The molecular weight excluding hydrogens is 443 g/mol. The minimum atomic E-state index is -3.72. The zero-order valence-electron chi connectivity index (χ0n) is 17.3. The Bertz CT molecular complexity index is 1140. The molecule has 10 heteroatoms. The molecule has 0 aliphatic carbocycles. The highest BCUT2D eigenvalue weighted by atomic mass is 32.2. The van der Waals surface area contributed by atoms with E-state index in [0.29, 0.717) is 12.8 Å². The number of piperidine rings is 1. The van der Waals surface area contributed by atoms with Gasteiger partial charge in [-0.2, -0.15) is 4.31 Å². The minimum absolute atomic E-state index is 0.0305. The molecule has 3 rings (SSSR count). The van der Waals surface area contributed by atoms with Crippen LogP contribution in [0.1, 0.15) is 31.4 Å². The van der Waals surface area contributed by atoms with Gasteiger partial charge in [0.1, 0.15) is 5.82 Å². The number of nitrogens with one attached hydrogen (secondary N) is 1. The highest BCUT2D eigenvalue weighted by Crippen LogP contribution is 2.25. The van der Waals surface area contributed by atoms with Crippen LogP contribution in [0.25, 0.3) is 0 Å². The SMILES string of the molecule is CC(NC(=O)C1CCN(S(=O)(=O)c2ccc(F)cc2)CC1)c1ccc(S(C)(=O)=O)cc1. The molecule has 7 nitrogen and oxygen atoms in total. The predicted octanol–water partition coefficient (Wildman–Crippen LogP) is 2.51. The second kappa shape index (κ2) is 9.05. The van der Waals surface area contributed by atoms with E-state index in [1.54, 1.807) is 12.1 Å². The van der Waals surface area contributed by atoms with Crippen molar-refractivity contribution < 1.29 is 26.0 Å². The highest BCUT2D eigenvalue weighted by molar-refractivity contribution is 7.90. The number of sulfonamides is 1. The van der Waals surface area contributed by atoms with Crippen molar-refractivity contribution in [2.75, 3.05) is 19.3 Å². The maximum atomic E-state index is 13.1. The monoisotopic (exact) mass is 468 g/mol. The van der Waals surface area contributed by atoms with E-state index >= 15 is 0 Å². The number of sulfone groups is 1. The number of carbonyl (C=O) groups is 1. The van der Waals surface area contributed by atoms with Crippen molar-refractivity contribution >= 4 is 25.8 Å². The number of carbonyl (C=O) groups excluding carboxylic acids is 1. The Morgan fingerprint density at radius 3 is 2.00 bits per heavy atom. The average Bonchev–Trinajstić information content (AvgIpc) is 2.73. The fraction of sp³-hybridized carbons (Fsp3) is 0.381. The maximum absolute atomic E-state index is 13.1. The number of rotatable bonds is 6. The van der Waals surface area contributed by atoms with Crippen LogP contribution >= 0.6 is 0 Å². The molecule has 1 N–H and O–H groups in total. The van der Waals surface area contributed by atoms with Gasteiger partial charge < -0.3 is 5.32 Å². The summed E-state index contributed by atoms with van der Waals surface area (Å²) in [6, 6.07) is 10.7. The van der Waals surface area contributed by atoms with Crippen LogP contribution in [0.15, 0.2) is 58.3 Å². The lowest BCUT2D eigenvalue weighted by Gasteiger charge is -2.31. The van der Waals surface area contributed by atoms with Gasteiger partial charge in [-0.25, -0.2) is 21.2 Å². The van der Waals surface area contributed by atoms with Crippen molar-refractivity contribution in [2.45, 2.75) is 35.6 Å². The van der Waals surface area contributed by atoms with Gasteiger partial charge in [0.2, 0.25) is 15.9 Å². The molecule has 31 heavy (non-hydrogen) atoms. The summed E-state index contributed by atoms with van der Waals surface area (Å²) in [6.07, 6.45) is 1.90. The molecule has 1 unspecified atom stereocenters. The summed E-state index contributed by atoms with van der Waals surface area (Å²) in [5.74, 6) is -0.995. The minimum Gasteiger partial charge on any atom is -0.349 e. The largest absolute Gasteiger partial charge is 0.349 e. The fourth-order valence-corrected chi connectivity index (χ4v) is 5.63. The van der Waals surface area contributed by atoms with Crippen LogP contribution in [0.5, 0.6) is 0 Å². The molecule has 168 valence electrons. The molecule has 1 atom stereocenters. The smallest absolute Gasteiger partial charge is 0.243 e. The van der Waals surface area contributed by atoms with E-state index in [0.717, 1.165) is 24.0 Å². The molecule has 0 saturated carbocycles. The van der Waals surface area contributed by atoms with E-state index in [1.165, 1.54) is 28.6 Å². The average molecular weight is 469 g/mol. The lowest BCUT2D eigenvalue weighted by molar-refractivity contribution is -0.126. The summed E-state index contributed by atoms with van der Waals surface area (Å²) in [5.41, 5.74) is 0.775. The van der Waals surface area contributed by atoms with E-state index in [4.69, 9.17) is 0 Å². The Labute approximate surface area is 182 Å². The van der Waals surface area contributed by atoms with Gasteiger partial charge in [0, 0.05) is 25.3 Å². The molecule has 2 aromatic rings. The van der Waals surface area contributed by atoms with E-state index < -0.39 is 25.7 Å². The Hall–Kier alpha value is -2.30. The second-order valence-corrected chi connectivity index (χ2v) is 11.7. The van der Waals surface area contributed by atoms with Crippen LogP contribution < -0.4 is 5.32 Å². The van der Waals surface area contributed by atoms with Crippen LogP contribution in [0, 0.1) is 11.7 Å². The zero-order valence-corrected chi connectivity index (χ0v) is 18.9. The van der Waals surface area contributed by atoms with Gasteiger partial charge >= 0.3 is 0 Å². The van der Waals surface area contributed by atoms with Crippen LogP contribution in [0.3, 0.4) is 0 Å². The predicted molar refractivity (Wildman–Crippen MR) is 114 cm³/mol. The first-order valence-electron chi connectivity index (χ1n) is 9.84. The van der Waals surface area contributed by atoms with Crippen molar-refractivity contribution in [1.29, 1.82) is 0 Å². The van der Waals surface area contributed by atoms with Crippen molar-refractivity contribution in [3.8, 4) is 0 Å². The molecule has 2 aromatic carbocycles. The van der Waals surface area contributed by atoms with Crippen LogP contribution in [0.4, 0.5) is 4.39 Å². The first-order chi connectivity index (χ1) is 14.5. The zero-order chi connectivity index (χ0) is 22.8. The first kappa shape index (κ1) is 23.4. The van der Waals surface area contributed by atoms with Gasteiger partial charge in [0.25, 0.3) is 0 Å². The molecule has 1 saturated heterocycles. The number of hydrogen-bond acceptors (Lipinski definition) is 5. The van der Waals surface area contributed by atoms with Crippen molar-refractivity contribution in [1.82, 2.24) is 9.62 Å². The lowest BCUT2D eigenvalue weighted by Crippen LogP contribution is -2.43. The summed E-state index contributed by atoms with van der Waals surface area (Å²) in [6.45, 7) is 2.21. The normalized spacial score (nSPS) is 17.3. The number of halogens is 1. The summed E-state index contributed by atoms with van der Waals surface area (Å²) in [5, 5.41) is 2.92. The summed E-state index contributed by atoms with van der Waals surface area (Å²) >= 11 is 0. The third kappa shape index (κ3) is 5.50. The Morgan fingerprint density at radius 1 is 0.968 bits per heavy atom. The maximum Gasteiger partial charge on any atom is 0.243 e. The number of amides is 1. The van der Waals surface area contributed by atoms with Crippen LogP contribution in [-0.2, 0) is 24.7 Å². The summed E-state index contributed by atoms with van der Waals surface area (Å²) in [7, 11) is -7.01.